The molecule has 1 aromatic carbocycles. The number of benzene rings is 1. The van der Waals surface area contributed by atoms with E-state index in [0.29, 0.717) is 6.61 Å². The van der Waals surface area contributed by atoms with E-state index in [1.165, 1.54) is 5.56 Å². The van der Waals surface area contributed by atoms with Gasteiger partial charge in [0.05, 0.1) is 12.6 Å². The average molecular weight is 278 g/mol. The van der Waals surface area contributed by atoms with Gasteiger partial charge in [0.2, 0.25) is 0 Å². The Balaban J connectivity index is 1.94. The van der Waals surface area contributed by atoms with Crippen molar-refractivity contribution in [3.8, 4) is 5.75 Å². The van der Waals surface area contributed by atoms with Crippen molar-refractivity contribution < 1.29 is 9.47 Å². The molecule has 2 bridgehead atoms. The molecule has 3 rings (SSSR count). The lowest BCUT2D eigenvalue weighted by molar-refractivity contribution is -0.0740. The molecule has 2 heterocycles. The number of fused-ring (bicyclic) bond motifs is 4. The first kappa shape index (κ1) is 12.7. The Morgan fingerprint density at radius 2 is 2.32 bits per heavy atom. The maximum Gasteiger partial charge on any atom is 0.184 e. The topological polar surface area (TPSA) is 33.7 Å². The van der Waals surface area contributed by atoms with E-state index >= 15 is 0 Å². The molecule has 19 heavy (non-hydrogen) atoms. The van der Waals surface area contributed by atoms with E-state index in [4.69, 9.17) is 21.7 Å². The second kappa shape index (κ2) is 4.65. The first-order valence-electron chi connectivity index (χ1n) is 6.49. The van der Waals surface area contributed by atoms with E-state index in [2.05, 4.69) is 23.2 Å². The fourth-order valence-electron chi connectivity index (χ4n) is 2.89. The summed E-state index contributed by atoms with van der Waals surface area (Å²) in [4.78, 5) is 2.08. The predicted molar refractivity (Wildman–Crippen MR) is 77.1 cm³/mol. The maximum atomic E-state index is 6.21. The molecule has 2 unspecified atom stereocenters. The van der Waals surface area contributed by atoms with E-state index < -0.39 is 0 Å². The van der Waals surface area contributed by atoms with E-state index in [1.54, 1.807) is 7.11 Å². The van der Waals surface area contributed by atoms with Crippen LogP contribution in [-0.4, -0.2) is 36.0 Å². The largest absolute Gasteiger partial charge is 0.468 e. The molecule has 1 N–H and O–H groups in total. The molecule has 0 radical (unpaired) electrons. The number of ether oxygens (including phenoxy) is 2. The number of nitrogens with one attached hydrogen (secondary N) is 1. The van der Waals surface area contributed by atoms with Crippen molar-refractivity contribution in [1.29, 1.82) is 0 Å². The minimum Gasteiger partial charge on any atom is -0.468 e. The summed E-state index contributed by atoms with van der Waals surface area (Å²) in [6.07, 6.45) is 0.883. The van der Waals surface area contributed by atoms with Crippen LogP contribution in [0.1, 0.15) is 24.9 Å². The predicted octanol–water partition coefficient (Wildman–Crippen LogP) is 2.06. The molecule has 1 aromatic rings. The summed E-state index contributed by atoms with van der Waals surface area (Å²) < 4.78 is 11.4. The van der Waals surface area contributed by atoms with Crippen molar-refractivity contribution in [1.82, 2.24) is 10.2 Å². The Morgan fingerprint density at radius 3 is 3.11 bits per heavy atom. The summed E-state index contributed by atoms with van der Waals surface area (Å²) in [6, 6.07) is 8.39. The third-order valence-corrected chi connectivity index (χ3v) is 4.18. The normalized spacial score (nSPS) is 28.4. The van der Waals surface area contributed by atoms with Gasteiger partial charge < -0.3 is 19.7 Å². The van der Waals surface area contributed by atoms with Gasteiger partial charge in [0, 0.05) is 25.6 Å². The molecule has 0 aliphatic carbocycles. The van der Waals surface area contributed by atoms with E-state index in [9.17, 15) is 0 Å². The van der Waals surface area contributed by atoms with Crippen molar-refractivity contribution in [2.45, 2.75) is 25.1 Å². The monoisotopic (exact) mass is 278 g/mol. The number of nitrogens with zero attached hydrogens (tertiary/aromatic N) is 1. The van der Waals surface area contributed by atoms with Gasteiger partial charge in [-0.25, -0.2) is 0 Å². The minimum absolute atomic E-state index is 0.237. The lowest BCUT2D eigenvalue weighted by Crippen LogP contribution is -2.65. The molecule has 0 aromatic heterocycles. The molecule has 0 spiro atoms. The van der Waals surface area contributed by atoms with Crippen LogP contribution in [0.25, 0.3) is 0 Å². The van der Waals surface area contributed by atoms with E-state index in [1.807, 2.05) is 18.2 Å². The second-order valence-electron chi connectivity index (χ2n) is 5.17. The van der Waals surface area contributed by atoms with Crippen LogP contribution in [0, 0.1) is 0 Å². The average Bonchev–Trinajstić information content (AvgIpc) is 2.37. The van der Waals surface area contributed by atoms with Gasteiger partial charge in [0.1, 0.15) is 5.75 Å². The highest BCUT2D eigenvalue weighted by molar-refractivity contribution is 7.80. The van der Waals surface area contributed by atoms with Crippen LogP contribution in [0.2, 0.25) is 0 Å². The quantitative estimate of drug-likeness (QED) is 0.856. The van der Waals surface area contributed by atoms with Gasteiger partial charge in [-0.15, -0.1) is 0 Å². The third kappa shape index (κ3) is 2.07. The highest BCUT2D eigenvalue weighted by Crippen LogP contribution is 2.43. The molecule has 2 atom stereocenters. The van der Waals surface area contributed by atoms with Gasteiger partial charge in [-0.1, -0.05) is 18.2 Å². The van der Waals surface area contributed by atoms with Gasteiger partial charge in [0.25, 0.3) is 0 Å². The van der Waals surface area contributed by atoms with Crippen LogP contribution < -0.4 is 10.1 Å². The van der Waals surface area contributed by atoms with Crippen LogP contribution >= 0.6 is 12.2 Å². The van der Waals surface area contributed by atoms with Crippen LogP contribution in [-0.2, 0) is 4.74 Å². The van der Waals surface area contributed by atoms with Crippen molar-refractivity contribution in [2.75, 3.05) is 20.3 Å². The summed E-state index contributed by atoms with van der Waals surface area (Å²) in [7, 11) is 1.70. The summed E-state index contributed by atoms with van der Waals surface area (Å²) in [5.41, 5.74) is 0.800. The molecule has 1 fully saturated rings. The fourth-order valence-corrected chi connectivity index (χ4v) is 3.31. The zero-order chi connectivity index (χ0) is 13.5. The Hall–Kier alpha value is -1.33. The molecule has 0 saturated carbocycles. The number of hydrogen-bond donors (Lipinski definition) is 1. The molecule has 2 aliphatic heterocycles. The van der Waals surface area contributed by atoms with Crippen molar-refractivity contribution >= 4 is 17.3 Å². The first-order chi connectivity index (χ1) is 9.14. The molecule has 5 heteroatoms. The van der Waals surface area contributed by atoms with E-state index in [0.717, 1.165) is 23.8 Å². The number of thiocarbonyl (C=S) groups is 1. The fraction of sp³-hybridized carbons (Fsp3) is 0.500. The Morgan fingerprint density at radius 1 is 1.53 bits per heavy atom. The smallest absolute Gasteiger partial charge is 0.184 e. The molecular weight excluding hydrogens is 260 g/mol. The number of para-hydroxylation sites is 1. The number of methoxy groups -OCH3 is 1. The molecular formula is C14H18N2O2S. The maximum absolute atomic E-state index is 6.21. The van der Waals surface area contributed by atoms with Crippen LogP contribution in [0.4, 0.5) is 0 Å². The summed E-state index contributed by atoms with van der Waals surface area (Å²) >= 11 is 5.48. The van der Waals surface area contributed by atoms with Crippen LogP contribution in [0.3, 0.4) is 0 Å². The summed E-state index contributed by atoms with van der Waals surface area (Å²) in [6.45, 7) is 3.46. The van der Waals surface area contributed by atoms with Crippen molar-refractivity contribution in [3.63, 3.8) is 0 Å². The minimum atomic E-state index is -0.389. The van der Waals surface area contributed by atoms with Crippen LogP contribution in [0.15, 0.2) is 24.3 Å². The Kier molecular flexibility index (Phi) is 3.11. The molecule has 102 valence electrons. The molecule has 1 saturated heterocycles. The Labute approximate surface area is 118 Å². The van der Waals surface area contributed by atoms with Gasteiger partial charge in [-0.2, -0.15) is 0 Å². The molecule has 0 amide bonds. The van der Waals surface area contributed by atoms with E-state index in [-0.39, 0.29) is 11.8 Å². The SMILES string of the molecule is COCCN1C(=S)NC2CC1(C)Oc1ccccc12. The standard InChI is InChI=1S/C14H18N2O2S/c1-14-9-11(10-5-3-4-6-12(10)18-14)15-13(19)16(14)7-8-17-2/h3-6,11H,7-9H2,1-2H3,(H,15,19). The lowest BCUT2D eigenvalue weighted by atomic mass is 9.91. The summed E-state index contributed by atoms with van der Waals surface area (Å²) in [5, 5.41) is 4.15. The highest BCUT2D eigenvalue weighted by Gasteiger charge is 2.47. The van der Waals surface area contributed by atoms with Crippen molar-refractivity contribution in [2.24, 2.45) is 0 Å². The van der Waals surface area contributed by atoms with Gasteiger partial charge in [-0.3, -0.25) is 0 Å². The second-order valence-corrected chi connectivity index (χ2v) is 5.55. The summed E-state index contributed by atoms with van der Waals surface area (Å²) in [5.74, 6) is 0.943. The molecule has 4 nitrogen and oxygen atoms in total. The van der Waals surface area contributed by atoms with Gasteiger partial charge >= 0.3 is 0 Å². The van der Waals surface area contributed by atoms with Gasteiger partial charge in [0.15, 0.2) is 10.8 Å². The molecule has 2 aliphatic rings. The zero-order valence-electron chi connectivity index (χ0n) is 11.2. The Bertz CT molecular complexity index is 508. The zero-order valence-corrected chi connectivity index (χ0v) is 12.0. The lowest BCUT2D eigenvalue weighted by Gasteiger charge is -2.52. The third-order valence-electron chi connectivity index (χ3n) is 3.84. The van der Waals surface area contributed by atoms with Crippen molar-refractivity contribution in [3.05, 3.63) is 29.8 Å². The first-order valence-corrected chi connectivity index (χ1v) is 6.90. The van der Waals surface area contributed by atoms with Gasteiger partial charge in [-0.05, 0) is 25.2 Å². The van der Waals surface area contributed by atoms with Crippen LogP contribution in [0.5, 0.6) is 5.75 Å². The number of hydrogen-bond acceptors (Lipinski definition) is 3. The highest BCUT2D eigenvalue weighted by atomic mass is 32.1. The number of rotatable bonds is 3.